The largest absolute Gasteiger partial charge is 0.316 e. The number of rotatable bonds is 1. The molecule has 1 atom stereocenters. The van der Waals surface area contributed by atoms with Gasteiger partial charge >= 0.3 is 0 Å². The van der Waals surface area contributed by atoms with Crippen LogP contribution < -0.4 is 5.32 Å². The van der Waals surface area contributed by atoms with E-state index in [0.29, 0.717) is 10.4 Å². The molecule has 1 unspecified atom stereocenters. The highest BCUT2D eigenvalue weighted by Crippen LogP contribution is 2.31. The summed E-state index contributed by atoms with van der Waals surface area (Å²) in [5, 5.41) is 3.53. The summed E-state index contributed by atoms with van der Waals surface area (Å²) in [7, 11) is 0. The summed E-state index contributed by atoms with van der Waals surface area (Å²) in [5.41, 5.74) is 1.11. The molecule has 0 aliphatic carbocycles. The molecule has 4 heteroatoms. The van der Waals surface area contributed by atoms with Gasteiger partial charge in [0.05, 0.1) is 9.50 Å². The Kier molecular flexibility index (Phi) is 3.65. The van der Waals surface area contributed by atoms with Crippen LogP contribution in [-0.2, 0) is 0 Å². The summed E-state index contributed by atoms with van der Waals surface area (Å²) in [4.78, 5) is 0. The van der Waals surface area contributed by atoms with E-state index in [4.69, 9.17) is 11.6 Å². The van der Waals surface area contributed by atoms with Crippen LogP contribution in [0.3, 0.4) is 0 Å². The van der Waals surface area contributed by atoms with E-state index < -0.39 is 0 Å². The monoisotopic (exact) mass is 291 g/mol. The topological polar surface area (TPSA) is 12.0 Å². The lowest BCUT2D eigenvalue weighted by Crippen LogP contribution is -2.28. The van der Waals surface area contributed by atoms with E-state index in [1.807, 2.05) is 6.07 Å². The quantitative estimate of drug-likeness (QED) is 0.778. The molecule has 0 aromatic heterocycles. The number of piperidine rings is 1. The van der Waals surface area contributed by atoms with Crippen molar-refractivity contribution >= 4 is 27.5 Å². The predicted molar refractivity (Wildman–Crippen MR) is 64.0 cm³/mol. The molecule has 1 saturated heterocycles. The van der Waals surface area contributed by atoms with Crippen molar-refractivity contribution in [2.75, 3.05) is 13.1 Å². The smallest absolute Gasteiger partial charge is 0.155 e. The summed E-state index contributed by atoms with van der Waals surface area (Å²) in [5.74, 6) is 0.0809. The van der Waals surface area contributed by atoms with Gasteiger partial charge < -0.3 is 5.32 Å². The normalized spacial score (nSPS) is 21.7. The minimum Gasteiger partial charge on any atom is -0.316 e. The van der Waals surface area contributed by atoms with Crippen LogP contribution >= 0.6 is 27.5 Å². The fourth-order valence-electron chi connectivity index (χ4n) is 1.95. The van der Waals surface area contributed by atoms with Crippen molar-refractivity contribution in [2.24, 2.45) is 0 Å². The Balaban J connectivity index is 2.27. The lowest BCUT2D eigenvalue weighted by atomic mass is 9.92. The van der Waals surface area contributed by atoms with E-state index in [2.05, 4.69) is 21.2 Å². The standard InChI is InChI=1S/C11H12BrClFN/c12-9-4-8(5-10(13)11(9)14)7-2-1-3-15-6-7/h4-5,7,15H,1-3,6H2. The van der Waals surface area contributed by atoms with Crippen molar-refractivity contribution in [2.45, 2.75) is 18.8 Å². The van der Waals surface area contributed by atoms with Crippen molar-refractivity contribution in [1.29, 1.82) is 0 Å². The molecule has 1 fully saturated rings. The van der Waals surface area contributed by atoms with Crippen LogP contribution in [0.5, 0.6) is 0 Å². The van der Waals surface area contributed by atoms with Crippen LogP contribution in [0.4, 0.5) is 4.39 Å². The Bertz CT molecular complexity index is 341. The van der Waals surface area contributed by atoms with Crippen LogP contribution in [-0.4, -0.2) is 13.1 Å². The van der Waals surface area contributed by atoms with Crippen molar-refractivity contribution in [3.8, 4) is 0 Å². The average molecular weight is 293 g/mol. The zero-order valence-electron chi connectivity index (χ0n) is 8.19. The van der Waals surface area contributed by atoms with Crippen LogP contribution in [0.25, 0.3) is 0 Å². The van der Waals surface area contributed by atoms with Crippen LogP contribution in [0, 0.1) is 5.82 Å². The molecule has 1 heterocycles. The van der Waals surface area contributed by atoms with Crippen molar-refractivity contribution in [1.82, 2.24) is 5.32 Å². The SMILES string of the molecule is Fc1c(Cl)cc(C2CCCNC2)cc1Br. The van der Waals surface area contributed by atoms with Gasteiger partial charge in [0, 0.05) is 6.54 Å². The molecule has 2 rings (SSSR count). The highest BCUT2D eigenvalue weighted by atomic mass is 79.9. The first-order valence-corrected chi connectivity index (χ1v) is 6.20. The summed E-state index contributed by atoms with van der Waals surface area (Å²) in [6.45, 7) is 2.03. The second-order valence-electron chi connectivity index (χ2n) is 3.84. The maximum Gasteiger partial charge on any atom is 0.155 e. The lowest BCUT2D eigenvalue weighted by Gasteiger charge is -2.23. The predicted octanol–water partition coefficient (Wildman–Crippen LogP) is 3.71. The molecule has 15 heavy (non-hydrogen) atoms. The van der Waals surface area contributed by atoms with Gasteiger partial charge in [-0.2, -0.15) is 0 Å². The van der Waals surface area contributed by atoms with E-state index in [9.17, 15) is 4.39 Å². The molecule has 1 aromatic carbocycles. The van der Waals surface area contributed by atoms with Gasteiger partial charge in [0.2, 0.25) is 0 Å². The van der Waals surface area contributed by atoms with E-state index in [1.54, 1.807) is 6.07 Å². The minimum atomic E-state index is -0.371. The second kappa shape index (κ2) is 4.81. The molecule has 0 bridgehead atoms. The van der Waals surface area contributed by atoms with Gasteiger partial charge in [0.25, 0.3) is 0 Å². The van der Waals surface area contributed by atoms with Crippen molar-refractivity contribution in [3.63, 3.8) is 0 Å². The zero-order chi connectivity index (χ0) is 10.8. The summed E-state index contributed by atoms with van der Waals surface area (Å²) >= 11 is 9.00. The maximum absolute atomic E-state index is 13.3. The summed E-state index contributed by atoms with van der Waals surface area (Å²) < 4.78 is 13.7. The third-order valence-corrected chi connectivity index (χ3v) is 3.63. The average Bonchev–Trinajstić information content (AvgIpc) is 2.26. The van der Waals surface area contributed by atoms with Crippen molar-refractivity contribution in [3.05, 3.63) is 33.0 Å². The molecule has 1 aliphatic rings. The van der Waals surface area contributed by atoms with E-state index in [0.717, 1.165) is 31.5 Å². The van der Waals surface area contributed by atoms with Gasteiger partial charge in [0.1, 0.15) is 0 Å². The van der Waals surface area contributed by atoms with Gasteiger partial charge in [-0.1, -0.05) is 11.6 Å². The molecule has 1 aliphatic heterocycles. The molecule has 0 spiro atoms. The maximum atomic E-state index is 13.3. The third-order valence-electron chi connectivity index (χ3n) is 2.77. The highest BCUT2D eigenvalue weighted by molar-refractivity contribution is 9.10. The third kappa shape index (κ3) is 2.52. The van der Waals surface area contributed by atoms with E-state index in [1.165, 1.54) is 0 Å². The molecule has 1 N–H and O–H groups in total. The van der Waals surface area contributed by atoms with Crippen molar-refractivity contribution < 1.29 is 4.39 Å². The van der Waals surface area contributed by atoms with Gasteiger partial charge in [-0.15, -0.1) is 0 Å². The Morgan fingerprint density at radius 2 is 2.27 bits per heavy atom. The molecule has 0 amide bonds. The fraction of sp³-hybridized carbons (Fsp3) is 0.455. The minimum absolute atomic E-state index is 0.199. The van der Waals surface area contributed by atoms with E-state index in [-0.39, 0.29) is 10.8 Å². The Morgan fingerprint density at radius 3 is 2.87 bits per heavy atom. The van der Waals surface area contributed by atoms with Crippen LogP contribution in [0.2, 0.25) is 5.02 Å². The molecule has 0 radical (unpaired) electrons. The first kappa shape index (κ1) is 11.4. The van der Waals surface area contributed by atoms with E-state index >= 15 is 0 Å². The molecular weight excluding hydrogens is 280 g/mol. The number of hydrogen-bond donors (Lipinski definition) is 1. The molecule has 1 aromatic rings. The Morgan fingerprint density at radius 1 is 1.47 bits per heavy atom. The number of nitrogens with one attached hydrogen (secondary N) is 1. The first-order valence-electron chi connectivity index (χ1n) is 5.03. The summed E-state index contributed by atoms with van der Waals surface area (Å²) in [6.07, 6.45) is 2.30. The number of benzene rings is 1. The number of halogens is 3. The fourth-order valence-corrected chi connectivity index (χ4v) is 2.77. The Labute approximate surface area is 102 Å². The van der Waals surface area contributed by atoms with Crippen LogP contribution in [0.15, 0.2) is 16.6 Å². The molecule has 82 valence electrons. The van der Waals surface area contributed by atoms with Crippen LogP contribution in [0.1, 0.15) is 24.3 Å². The second-order valence-corrected chi connectivity index (χ2v) is 5.10. The van der Waals surface area contributed by atoms with Gasteiger partial charge in [-0.05, 0) is 58.9 Å². The van der Waals surface area contributed by atoms with Gasteiger partial charge in [0.15, 0.2) is 5.82 Å². The molecular formula is C11H12BrClFN. The first-order chi connectivity index (χ1) is 7.18. The van der Waals surface area contributed by atoms with Gasteiger partial charge in [-0.25, -0.2) is 4.39 Å². The lowest BCUT2D eigenvalue weighted by molar-refractivity contribution is 0.461. The Hall–Kier alpha value is -0.120. The van der Waals surface area contributed by atoms with Gasteiger partial charge in [-0.3, -0.25) is 0 Å². The number of hydrogen-bond acceptors (Lipinski definition) is 1. The molecule has 1 nitrogen and oxygen atoms in total. The highest BCUT2D eigenvalue weighted by Gasteiger charge is 2.17. The zero-order valence-corrected chi connectivity index (χ0v) is 10.5. The summed E-state index contributed by atoms with van der Waals surface area (Å²) in [6, 6.07) is 3.57. The molecule has 0 saturated carbocycles.